The van der Waals surface area contributed by atoms with Crippen LogP contribution in [0.1, 0.15) is 49.8 Å². The van der Waals surface area contributed by atoms with Crippen LogP contribution < -0.4 is 15.5 Å². The highest BCUT2D eigenvalue weighted by Gasteiger charge is 2.38. The Kier molecular flexibility index (Phi) is 9.21. The summed E-state index contributed by atoms with van der Waals surface area (Å²) in [6.07, 6.45) is -4.55. The summed E-state index contributed by atoms with van der Waals surface area (Å²) in [5.41, 5.74) is 1.92. The zero-order valence-electron chi connectivity index (χ0n) is 20.4. The van der Waals surface area contributed by atoms with E-state index in [1.165, 1.54) is 6.07 Å². The van der Waals surface area contributed by atoms with Crippen LogP contribution in [0.15, 0.2) is 18.2 Å². The molecule has 1 aromatic heterocycles. The number of piperidine rings is 1. The Balaban J connectivity index is 0.000000479. The molecule has 2 aliphatic rings. The molecule has 0 amide bonds. The standard InChI is InChI=1S/C22H28F3N5.C2HF3O2/c1-13(2)27-21-22(29-18-5-8-26-12-19(18)28-21)30-9-6-14(7-10-30)20(25)16-4-3-15(23)11-17(16)24;3-2(4,5)1(6)7/h3-4,11,13-14,20,26H,5-10,12H2,1-2H3,(H,27,28);(H,6,7)/t20-;/m0./s1. The molecular weight excluding hydrogens is 504 g/mol. The van der Waals surface area contributed by atoms with Crippen LogP contribution in [0.25, 0.3) is 0 Å². The van der Waals surface area contributed by atoms with Gasteiger partial charge in [-0.25, -0.2) is 27.9 Å². The van der Waals surface area contributed by atoms with E-state index < -0.39 is 30.0 Å². The average Bonchev–Trinajstić information content (AvgIpc) is 2.83. The molecule has 13 heteroatoms. The Morgan fingerprint density at radius 2 is 1.81 bits per heavy atom. The molecule has 2 aliphatic heterocycles. The number of fused-ring (bicyclic) bond motifs is 1. The van der Waals surface area contributed by atoms with Crippen molar-refractivity contribution in [1.29, 1.82) is 0 Å². The zero-order chi connectivity index (χ0) is 27.3. The van der Waals surface area contributed by atoms with Gasteiger partial charge in [0.15, 0.2) is 11.6 Å². The van der Waals surface area contributed by atoms with E-state index in [1.807, 2.05) is 0 Å². The van der Waals surface area contributed by atoms with Crippen LogP contribution in [0, 0.1) is 17.6 Å². The lowest BCUT2D eigenvalue weighted by Gasteiger charge is -2.35. The third-order valence-electron chi connectivity index (χ3n) is 6.04. The maximum atomic E-state index is 15.0. The van der Waals surface area contributed by atoms with Gasteiger partial charge < -0.3 is 20.6 Å². The number of rotatable bonds is 5. The van der Waals surface area contributed by atoms with Gasteiger partial charge in [-0.1, -0.05) is 6.07 Å². The minimum atomic E-state index is -5.08. The number of nitrogens with one attached hydrogen (secondary N) is 2. The number of halogens is 6. The van der Waals surface area contributed by atoms with Crippen molar-refractivity contribution in [3.05, 3.63) is 46.8 Å². The number of carboxylic acid groups (broad SMARTS) is 1. The van der Waals surface area contributed by atoms with Gasteiger partial charge in [0, 0.05) is 50.3 Å². The first kappa shape index (κ1) is 28.5. The van der Waals surface area contributed by atoms with Gasteiger partial charge in [0.05, 0.1) is 11.4 Å². The number of hydrogen-bond acceptors (Lipinski definition) is 6. The number of nitrogens with zero attached hydrogens (tertiary/aromatic N) is 3. The van der Waals surface area contributed by atoms with Gasteiger partial charge in [-0.05, 0) is 38.7 Å². The second-order valence-corrected chi connectivity index (χ2v) is 9.21. The van der Waals surface area contributed by atoms with Crippen LogP contribution in [0.3, 0.4) is 0 Å². The quantitative estimate of drug-likeness (QED) is 0.477. The fourth-order valence-electron chi connectivity index (χ4n) is 4.22. The molecule has 0 aliphatic carbocycles. The normalized spacial score (nSPS) is 17.1. The molecule has 0 bridgehead atoms. The molecule has 1 fully saturated rings. The Bertz CT molecular complexity index is 1090. The summed E-state index contributed by atoms with van der Waals surface area (Å²) < 4.78 is 73.9. The smallest absolute Gasteiger partial charge is 0.475 e. The first-order valence-corrected chi connectivity index (χ1v) is 11.9. The van der Waals surface area contributed by atoms with Gasteiger partial charge >= 0.3 is 12.1 Å². The largest absolute Gasteiger partial charge is 0.490 e. The SMILES string of the molecule is CC(C)Nc1nc2c(nc1N1CCC([C@H](F)c3ccc(F)cc3F)CC1)CCNC2.O=C(O)C(F)(F)F. The lowest BCUT2D eigenvalue weighted by Crippen LogP contribution is -2.37. The minimum Gasteiger partial charge on any atom is -0.475 e. The number of aliphatic carboxylic acids is 1. The maximum absolute atomic E-state index is 15.0. The molecule has 204 valence electrons. The van der Waals surface area contributed by atoms with E-state index in [-0.39, 0.29) is 17.5 Å². The third-order valence-corrected chi connectivity index (χ3v) is 6.04. The average molecular weight is 534 g/mol. The fourth-order valence-corrected chi connectivity index (χ4v) is 4.22. The van der Waals surface area contributed by atoms with Crippen LogP contribution in [0.2, 0.25) is 0 Å². The summed E-state index contributed by atoms with van der Waals surface area (Å²) in [7, 11) is 0. The summed E-state index contributed by atoms with van der Waals surface area (Å²) in [6, 6.07) is 3.29. The molecule has 1 aromatic carbocycles. The van der Waals surface area contributed by atoms with E-state index in [9.17, 15) is 26.3 Å². The second kappa shape index (κ2) is 12.0. The van der Waals surface area contributed by atoms with Crippen LogP contribution >= 0.6 is 0 Å². The number of aromatic nitrogens is 2. The van der Waals surface area contributed by atoms with Crippen LogP contribution in [-0.2, 0) is 17.8 Å². The van der Waals surface area contributed by atoms with Crippen molar-refractivity contribution >= 4 is 17.6 Å². The van der Waals surface area contributed by atoms with Gasteiger partial charge in [-0.3, -0.25) is 0 Å². The van der Waals surface area contributed by atoms with E-state index in [2.05, 4.69) is 29.4 Å². The van der Waals surface area contributed by atoms with Crippen molar-refractivity contribution in [2.75, 3.05) is 29.9 Å². The number of anilines is 2. The number of carbonyl (C=O) groups is 1. The first-order valence-electron chi connectivity index (χ1n) is 11.9. The van der Waals surface area contributed by atoms with Gasteiger partial charge in [-0.2, -0.15) is 13.2 Å². The van der Waals surface area contributed by atoms with E-state index in [1.54, 1.807) is 0 Å². The van der Waals surface area contributed by atoms with Crippen LogP contribution in [0.5, 0.6) is 0 Å². The molecule has 0 saturated carbocycles. The number of hydrogen-bond donors (Lipinski definition) is 3. The summed E-state index contributed by atoms with van der Waals surface area (Å²) >= 11 is 0. The van der Waals surface area contributed by atoms with E-state index in [0.29, 0.717) is 32.5 Å². The molecule has 3 heterocycles. The lowest BCUT2D eigenvalue weighted by atomic mass is 9.88. The van der Waals surface area contributed by atoms with Gasteiger partial charge in [0.2, 0.25) is 0 Å². The topological polar surface area (TPSA) is 90.4 Å². The van der Waals surface area contributed by atoms with Crippen molar-refractivity contribution in [3.8, 4) is 0 Å². The molecule has 2 aromatic rings. The third kappa shape index (κ3) is 7.46. The van der Waals surface area contributed by atoms with Crippen LogP contribution in [-0.4, -0.2) is 52.9 Å². The van der Waals surface area contributed by atoms with Gasteiger partial charge in [0.25, 0.3) is 0 Å². The van der Waals surface area contributed by atoms with E-state index in [4.69, 9.17) is 19.9 Å². The molecule has 37 heavy (non-hydrogen) atoms. The van der Waals surface area contributed by atoms with Gasteiger partial charge in [0.1, 0.15) is 17.8 Å². The number of alkyl halides is 4. The molecule has 1 atom stereocenters. The Morgan fingerprint density at radius 1 is 1.16 bits per heavy atom. The van der Waals surface area contributed by atoms with E-state index >= 15 is 0 Å². The minimum absolute atomic E-state index is 0.0573. The highest BCUT2D eigenvalue weighted by Crippen LogP contribution is 2.37. The monoisotopic (exact) mass is 533 g/mol. The molecule has 0 radical (unpaired) electrons. The molecule has 0 spiro atoms. The summed E-state index contributed by atoms with van der Waals surface area (Å²) in [5.74, 6) is -3.00. The number of benzene rings is 1. The molecule has 0 unspecified atom stereocenters. The second-order valence-electron chi connectivity index (χ2n) is 9.21. The molecule has 3 N–H and O–H groups in total. The van der Waals surface area contributed by atoms with Gasteiger partial charge in [-0.15, -0.1) is 0 Å². The van der Waals surface area contributed by atoms with Crippen molar-refractivity contribution in [2.24, 2.45) is 5.92 Å². The summed E-state index contributed by atoms with van der Waals surface area (Å²) in [5, 5.41) is 13.8. The van der Waals surface area contributed by atoms with E-state index in [0.717, 1.165) is 48.1 Å². The Morgan fingerprint density at radius 3 is 2.38 bits per heavy atom. The summed E-state index contributed by atoms with van der Waals surface area (Å²) in [4.78, 5) is 20.8. The van der Waals surface area contributed by atoms with Crippen molar-refractivity contribution < 1.29 is 36.2 Å². The predicted molar refractivity (Wildman–Crippen MR) is 125 cm³/mol. The fraction of sp³-hybridized carbons (Fsp3) is 0.542. The maximum Gasteiger partial charge on any atom is 0.490 e. The Hall–Kier alpha value is -3.09. The number of carboxylic acids is 1. The zero-order valence-corrected chi connectivity index (χ0v) is 20.4. The highest BCUT2D eigenvalue weighted by molar-refractivity contribution is 5.73. The van der Waals surface area contributed by atoms with Crippen molar-refractivity contribution in [3.63, 3.8) is 0 Å². The first-order chi connectivity index (χ1) is 17.4. The molecular formula is C24H29F6N5O2. The van der Waals surface area contributed by atoms with Crippen molar-refractivity contribution in [2.45, 2.75) is 58.0 Å². The highest BCUT2D eigenvalue weighted by atomic mass is 19.4. The predicted octanol–water partition coefficient (Wildman–Crippen LogP) is 4.78. The lowest BCUT2D eigenvalue weighted by molar-refractivity contribution is -0.192. The molecule has 1 saturated heterocycles. The van der Waals surface area contributed by atoms with Crippen LogP contribution in [0.4, 0.5) is 38.0 Å². The Labute approximate surface area is 210 Å². The van der Waals surface area contributed by atoms with Crippen molar-refractivity contribution in [1.82, 2.24) is 15.3 Å². The summed E-state index contributed by atoms with van der Waals surface area (Å²) in [6.45, 7) is 6.94. The molecule has 4 rings (SSSR count). The molecule has 7 nitrogen and oxygen atoms in total.